The fourth-order valence-electron chi connectivity index (χ4n) is 1.74. The van der Waals surface area contributed by atoms with E-state index in [2.05, 4.69) is 0 Å². The molecule has 0 heterocycles. The van der Waals surface area contributed by atoms with Gasteiger partial charge in [-0.3, -0.25) is 4.79 Å². The van der Waals surface area contributed by atoms with Crippen LogP contribution in [-0.2, 0) is 11.4 Å². The van der Waals surface area contributed by atoms with E-state index in [9.17, 15) is 9.18 Å². The summed E-state index contributed by atoms with van der Waals surface area (Å²) in [6.07, 6.45) is 0.304. The summed E-state index contributed by atoms with van der Waals surface area (Å²) in [6.45, 7) is 3.63. The fraction of sp³-hybridized carbons (Fsp3) is 0.235. The topological polar surface area (TPSA) is 35.5 Å². The highest BCUT2D eigenvalue weighted by molar-refractivity contribution is 5.72. The highest BCUT2D eigenvalue weighted by Gasteiger charge is 2.08. The molecule has 21 heavy (non-hydrogen) atoms. The van der Waals surface area contributed by atoms with Gasteiger partial charge in [0.05, 0.1) is 0 Å². The zero-order valence-electron chi connectivity index (χ0n) is 12.1. The number of carbonyl (C=O) groups is 1. The van der Waals surface area contributed by atoms with Crippen molar-refractivity contribution in [1.29, 1.82) is 0 Å². The van der Waals surface area contributed by atoms with Gasteiger partial charge in [0.2, 0.25) is 0 Å². The fourth-order valence-corrected chi connectivity index (χ4v) is 1.74. The van der Waals surface area contributed by atoms with Gasteiger partial charge in [-0.2, -0.15) is 0 Å². The molecule has 2 aromatic rings. The number of halogens is 1. The molecule has 0 radical (unpaired) electrons. The van der Waals surface area contributed by atoms with Crippen molar-refractivity contribution in [2.45, 2.75) is 26.9 Å². The van der Waals surface area contributed by atoms with Crippen LogP contribution in [0.15, 0.2) is 42.5 Å². The average molecular weight is 288 g/mol. The maximum absolute atomic E-state index is 13.5. The largest absolute Gasteiger partial charge is 0.489 e. The van der Waals surface area contributed by atoms with Crippen LogP contribution < -0.4 is 9.47 Å². The van der Waals surface area contributed by atoms with Crippen molar-refractivity contribution in [1.82, 2.24) is 0 Å². The number of hydrogen-bond donors (Lipinski definition) is 0. The molecular weight excluding hydrogens is 271 g/mol. The first-order valence-corrected chi connectivity index (χ1v) is 6.77. The minimum Gasteiger partial charge on any atom is -0.489 e. The Balaban J connectivity index is 2.09. The van der Waals surface area contributed by atoms with E-state index in [0.29, 0.717) is 23.5 Å². The number of benzene rings is 2. The van der Waals surface area contributed by atoms with Gasteiger partial charge in [-0.25, -0.2) is 4.39 Å². The number of ether oxygens (including phenoxy) is 2. The predicted octanol–water partition coefficient (Wildman–Crippen LogP) is 4.03. The van der Waals surface area contributed by atoms with Crippen LogP contribution in [-0.4, -0.2) is 5.97 Å². The first-order valence-electron chi connectivity index (χ1n) is 6.77. The van der Waals surface area contributed by atoms with Crippen LogP contribution in [0.4, 0.5) is 4.39 Å². The smallest absolute Gasteiger partial charge is 0.310 e. The van der Waals surface area contributed by atoms with Crippen LogP contribution in [0.2, 0.25) is 0 Å². The van der Waals surface area contributed by atoms with Crippen molar-refractivity contribution in [3.05, 3.63) is 59.4 Å². The summed E-state index contributed by atoms with van der Waals surface area (Å²) < 4.78 is 24.2. The van der Waals surface area contributed by atoms with Crippen molar-refractivity contribution in [2.24, 2.45) is 0 Å². The number of para-hydroxylation sites is 1. The Bertz CT molecular complexity index is 638. The summed E-state index contributed by atoms with van der Waals surface area (Å²) in [5, 5.41) is 0. The Labute approximate surface area is 123 Å². The number of esters is 1. The Morgan fingerprint density at radius 3 is 2.67 bits per heavy atom. The van der Waals surface area contributed by atoms with Crippen molar-refractivity contribution < 1.29 is 18.7 Å². The van der Waals surface area contributed by atoms with Gasteiger partial charge in [0.1, 0.15) is 23.9 Å². The van der Waals surface area contributed by atoms with E-state index in [1.54, 1.807) is 38.1 Å². The molecular formula is C17H17FO3. The standard InChI is InChI=1S/C17H17FO3/c1-3-17(19)21-16-7-5-4-6-13(16)11-20-14-9-8-12(2)15(18)10-14/h4-10H,3,11H2,1-2H3. The second kappa shape index (κ2) is 6.88. The molecule has 0 bridgehead atoms. The third-order valence-corrected chi connectivity index (χ3v) is 3.02. The van der Waals surface area contributed by atoms with Crippen molar-refractivity contribution in [3.8, 4) is 11.5 Å². The summed E-state index contributed by atoms with van der Waals surface area (Å²) in [7, 11) is 0. The lowest BCUT2D eigenvalue weighted by molar-refractivity contribution is -0.134. The average Bonchev–Trinajstić information content (AvgIpc) is 2.49. The quantitative estimate of drug-likeness (QED) is 0.615. The summed E-state index contributed by atoms with van der Waals surface area (Å²) in [5.74, 6) is 0.300. The van der Waals surface area contributed by atoms with Gasteiger partial charge in [0, 0.05) is 18.1 Å². The Morgan fingerprint density at radius 2 is 1.95 bits per heavy atom. The van der Waals surface area contributed by atoms with Crippen molar-refractivity contribution in [2.75, 3.05) is 0 Å². The molecule has 4 heteroatoms. The molecule has 0 aliphatic heterocycles. The normalized spacial score (nSPS) is 10.2. The highest BCUT2D eigenvalue weighted by atomic mass is 19.1. The molecule has 0 spiro atoms. The Kier molecular flexibility index (Phi) is 4.93. The molecule has 2 aromatic carbocycles. The summed E-state index contributed by atoms with van der Waals surface area (Å²) in [4.78, 5) is 11.4. The first kappa shape index (κ1) is 15.0. The number of carbonyl (C=O) groups excluding carboxylic acids is 1. The monoisotopic (exact) mass is 288 g/mol. The third-order valence-electron chi connectivity index (χ3n) is 3.02. The lowest BCUT2D eigenvalue weighted by Gasteiger charge is -2.11. The molecule has 110 valence electrons. The molecule has 0 atom stereocenters. The molecule has 0 aliphatic rings. The molecule has 2 rings (SSSR count). The molecule has 0 fully saturated rings. The van der Waals surface area contributed by atoms with Crippen LogP contribution in [0.3, 0.4) is 0 Å². The zero-order valence-corrected chi connectivity index (χ0v) is 12.1. The summed E-state index contributed by atoms with van der Waals surface area (Å²) >= 11 is 0. The number of rotatable bonds is 5. The van der Waals surface area contributed by atoms with Gasteiger partial charge in [-0.15, -0.1) is 0 Å². The van der Waals surface area contributed by atoms with Gasteiger partial charge in [-0.05, 0) is 24.6 Å². The second-order valence-electron chi connectivity index (χ2n) is 4.64. The lowest BCUT2D eigenvalue weighted by Crippen LogP contribution is -2.08. The minimum absolute atomic E-state index is 0.204. The van der Waals surface area contributed by atoms with Crippen LogP contribution in [0.5, 0.6) is 11.5 Å². The Hall–Kier alpha value is -2.36. The first-order chi connectivity index (χ1) is 10.1. The maximum atomic E-state index is 13.5. The summed E-state index contributed by atoms with van der Waals surface area (Å²) in [6, 6.07) is 11.8. The van der Waals surface area contributed by atoms with Gasteiger partial charge < -0.3 is 9.47 Å². The second-order valence-corrected chi connectivity index (χ2v) is 4.64. The molecule has 0 saturated heterocycles. The van der Waals surface area contributed by atoms with Crippen LogP contribution >= 0.6 is 0 Å². The minimum atomic E-state index is -0.307. The molecule has 0 aromatic heterocycles. The lowest BCUT2D eigenvalue weighted by atomic mass is 10.2. The van der Waals surface area contributed by atoms with E-state index < -0.39 is 0 Å². The van der Waals surface area contributed by atoms with E-state index in [1.165, 1.54) is 6.07 Å². The number of aryl methyl sites for hydroxylation is 1. The maximum Gasteiger partial charge on any atom is 0.310 e. The third kappa shape index (κ3) is 4.05. The van der Waals surface area contributed by atoms with Crippen molar-refractivity contribution in [3.63, 3.8) is 0 Å². The van der Waals surface area contributed by atoms with E-state index in [1.807, 2.05) is 12.1 Å². The molecule has 0 saturated carbocycles. The molecule has 3 nitrogen and oxygen atoms in total. The highest BCUT2D eigenvalue weighted by Crippen LogP contribution is 2.22. The molecule has 0 aliphatic carbocycles. The van der Waals surface area contributed by atoms with Gasteiger partial charge in [0.25, 0.3) is 0 Å². The van der Waals surface area contributed by atoms with Crippen LogP contribution in [0.25, 0.3) is 0 Å². The number of hydrogen-bond acceptors (Lipinski definition) is 3. The predicted molar refractivity (Wildman–Crippen MR) is 77.8 cm³/mol. The molecule has 0 unspecified atom stereocenters. The van der Waals surface area contributed by atoms with E-state index in [0.717, 1.165) is 5.56 Å². The Morgan fingerprint density at radius 1 is 1.19 bits per heavy atom. The van der Waals surface area contributed by atoms with E-state index in [4.69, 9.17) is 9.47 Å². The van der Waals surface area contributed by atoms with E-state index in [-0.39, 0.29) is 18.4 Å². The van der Waals surface area contributed by atoms with Crippen molar-refractivity contribution >= 4 is 5.97 Å². The zero-order chi connectivity index (χ0) is 15.2. The molecule has 0 N–H and O–H groups in total. The van der Waals surface area contributed by atoms with Crippen LogP contribution in [0, 0.1) is 12.7 Å². The van der Waals surface area contributed by atoms with Crippen LogP contribution in [0.1, 0.15) is 24.5 Å². The van der Waals surface area contributed by atoms with Gasteiger partial charge >= 0.3 is 5.97 Å². The van der Waals surface area contributed by atoms with Gasteiger partial charge in [-0.1, -0.05) is 31.2 Å². The SMILES string of the molecule is CCC(=O)Oc1ccccc1COc1ccc(C)c(F)c1. The van der Waals surface area contributed by atoms with Gasteiger partial charge in [0.15, 0.2) is 0 Å². The molecule has 0 amide bonds. The summed E-state index contributed by atoms with van der Waals surface area (Å²) in [5.41, 5.74) is 1.31. The van der Waals surface area contributed by atoms with E-state index >= 15 is 0 Å².